The standard InChI is InChI=1S/C22H25N3O2/c1-22(2,3)18-11-7-8-12-19(18)27-16-21(26)24-20-13-14-23-25(20)15-17-9-5-4-6-10-17/h4-14H,15-16H2,1-3H3,(H,24,26). The molecule has 0 aliphatic heterocycles. The maximum absolute atomic E-state index is 12.4. The van der Waals surface area contributed by atoms with Crippen LogP contribution in [0.15, 0.2) is 66.9 Å². The van der Waals surface area contributed by atoms with E-state index in [1.165, 1.54) is 0 Å². The lowest BCUT2D eigenvalue weighted by atomic mass is 9.86. The van der Waals surface area contributed by atoms with Gasteiger partial charge in [0.2, 0.25) is 0 Å². The molecule has 1 amide bonds. The molecule has 0 saturated carbocycles. The van der Waals surface area contributed by atoms with Crippen molar-refractivity contribution in [2.24, 2.45) is 0 Å². The first-order valence-electron chi connectivity index (χ1n) is 9.01. The molecule has 3 aromatic rings. The minimum Gasteiger partial charge on any atom is -0.483 e. The van der Waals surface area contributed by atoms with Crippen LogP contribution in [0.3, 0.4) is 0 Å². The highest BCUT2D eigenvalue weighted by atomic mass is 16.5. The quantitative estimate of drug-likeness (QED) is 0.712. The van der Waals surface area contributed by atoms with Crippen LogP contribution in [0.5, 0.6) is 5.75 Å². The van der Waals surface area contributed by atoms with Crippen LogP contribution in [-0.4, -0.2) is 22.3 Å². The van der Waals surface area contributed by atoms with Crippen molar-refractivity contribution in [1.82, 2.24) is 9.78 Å². The van der Waals surface area contributed by atoms with Crippen LogP contribution in [0.1, 0.15) is 31.9 Å². The zero-order valence-corrected chi connectivity index (χ0v) is 16.0. The maximum atomic E-state index is 12.4. The molecule has 5 nitrogen and oxygen atoms in total. The zero-order chi connectivity index (χ0) is 19.3. The highest BCUT2D eigenvalue weighted by Crippen LogP contribution is 2.30. The molecule has 0 aliphatic rings. The number of nitrogens with one attached hydrogen (secondary N) is 1. The van der Waals surface area contributed by atoms with Crippen molar-refractivity contribution in [3.63, 3.8) is 0 Å². The lowest BCUT2D eigenvalue weighted by Gasteiger charge is -2.22. The summed E-state index contributed by atoms with van der Waals surface area (Å²) in [6.07, 6.45) is 1.67. The Kier molecular flexibility index (Phi) is 5.60. The Morgan fingerprint density at radius 1 is 1.04 bits per heavy atom. The van der Waals surface area contributed by atoms with Gasteiger partial charge in [0, 0.05) is 6.07 Å². The number of para-hydroxylation sites is 1. The molecule has 27 heavy (non-hydrogen) atoms. The highest BCUT2D eigenvalue weighted by Gasteiger charge is 2.19. The van der Waals surface area contributed by atoms with E-state index in [1.807, 2.05) is 54.6 Å². The molecule has 0 aliphatic carbocycles. The SMILES string of the molecule is CC(C)(C)c1ccccc1OCC(=O)Nc1ccnn1Cc1ccccc1. The summed E-state index contributed by atoms with van der Waals surface area (Å²) in [4.78, 5) is 12.4. The predicted octanol–water partition coefficient (Wildman–Crippen LogP) is 4.25. The van der Waals surface area contributed by atoms with Gasteiger partial charge in [0.05, 0.1) is 12.7 Å². The van der Waals surface area contributed by atoms with Gasteiger partial charge in [-0.1, -0.05) is 69.3 Å². The zero-order valence-electron chi connectivity index (χ0n) is 16.0. The van der Waals surface area contributed by atoms with Gasteiger partial charge in [0.25, 0.3) is 5.91 Å². The molecule has 0 spiro atoms. The van der Waals surface area contributed by atoms with Crippen molar-refractivity contribution in [3.05, 3.63) is 78.0 Å². The van der Waals surface area contributed by atoms with Gasteiger partial charge in [0.1, 0.15) is 11.6 Å². The molecule has 0 atom stereocenters. The van der Waals surface area contributed by atoms with Crippen LogP contribution in [-0.2, 0) is 16.8 Å². The van der Waals surface area contributed by atoms with Crippen molar-refractivity contribution in [1.29, 1.82) is 0 Å². The molecule has 0 fully saturated rings. The predicted molar refractivity (Wildman–Crippen MR) is 107 cm³/mol. The van der Waals surface area contributed by atoms with Gasteiger partial charge >= 0.3 is 0 Å². The van der Waals surface area contributed by atoms with Crippen LogP contribution >= 0.6 is 0 Å². The summed E-state index contributed by atoms with van der Waals surface area (Å²) in [5, 5.41) is 7.17. The largest absolute Gasteiger partial charge is 0.483 e. The van der Waals surface area contributed by atoms with E-state index in [4.69, 9.17) is 4.74 Å². The summed E-state index contributed by atoms with van der Waals surface area (Å²) in [6.45, 7) is 6.91. The van der Waals surface area contributed by atoms with Crippen molar-refractivity contribution in [2.45, 2.75) is 32.7 Å². The third kappa shape index (κ3) is 4.97. The van der Waals surface area contributed by atoms with Crippen LogP contribution < -0.4 is 10.1 Å². The first kappa shape index (κ1) is 18.7. The molecular weight excluding hydrogens is 338 g/mol. The van der Waals surface area contributed by atoms with Crippen molar-refractivity contribution >= 4 is 11.7 Å². The topological polar surface area (TPSA) is 56.1 Å². The molecule has 5 heteroatoms. The molecular formula is C22H25N3O2. The Morgan fingerprint density at radius 3 is 2.48 bits per heavy atom. The smallest absolute Gasteiger partial charge is 0.263 e. The summed E-state index contributed by atoms with van der Waals surface area (Å²) < 4.78 is 7.55. The monoisotopic (exact) mass is 363 g/mol. The highest BCUT2D eigenvalue weighted by molar-refractivity contribution is 5.91. The van der Waals surface area contributed by atoms with E-state index in [-0.39, 0.29) is 17.9 Å². The fraction of sp³-hybridized carbons (Fsp3) is 0.273. The third-order valence-electron chi connectivity index (χ3n) is 4.21. The Bertz CT molecular complexity index is 895. The van der Waals surface area contributed by atoms with Gasteiger partial charge in [0.15, 0.2) is 6.61 Å². The minimum absolute atomic E-state index is 0.0520. The number of rotatable bonds is 6. The molecule has 0 unspecified atom stereocenters. The lowest BCUT2D eigenvalue weighted by molar-refractivity contribution is -0.118. The Morgan fingerprint density at radius 2 is 1.74 bits per heavy atom. The second-order valence-corrected chi connectivity index (χ2v) is 7.44. The van der Waals surface area contributed by atoms with Crippen molar-refractivity contribution in [3.8, 4) is 5.75 Å². The Labute approximate surface area is 160 Å². The van der Waals surface area contributed by atoms with Crippen LogP contribution in [0.25, 0.3) is 0 Å². The number of nitrogens with zero attached hydrogens (tertiary/aromatic N) is 2. The van der Waals surface area contributed by atoms with Gasteiger partial charge in [-0.25, -0.2) is 4.68 Å². The molecule has 1 heterocycles. The number of ether oxygens (including phenoxy) is 1. The van der Waals surface area contributed by atoms with E-state index in [9.17, 15) is 4.79 Å². The molecule has 3 rings (SSSR count). The first-order valence-corrected chi connectivity index (χ1v) is 9.01. The summed E-state index contributed by atoms with van der Waals surface area (Å²) in [7, 11) is 0. The molecule has 2 aromatic carbocycles. The number of anilines is 1. The number of hydrogen-bond donors (Lipinski definition) is 1. The number of aromatic nitrogens is 2. The minimum atomic E-state index is -0.214. The number of carbonyl (C=O) groups is 1. The Balaban J connectivity index is 1.62. The van der Waals surface area contributed by atoms with Crippen LogP contribution in [0.2, 0.25) is 0 Å². The average molecular weight is 363 g/mol. The van der Waals surface area contributed by atoms with Crippen LogP contribution in [0.4, 0.5) is 5.82 Å². The number of hydrogen-bond acceptors (Lipinski definition) is 3. The summed E-state index contributed by atoms with van der Waals surface area (Å²) >= 11 is 0. The van der Waals surface area contributed by atoms with Crippen molar-refractivity contribution < 1.29 is 9.53 Å². The molecule has 1 N–H and O–H groups in total. The van der Waals surface area contributed by atoms with E-state index in [0.717, 1.165) is 16.9 Å². The number of amides is 1. The fourth-order valence-corrected chi connectivity index (χ4v) is 2.86. The van der Waals surface area contributed by atoms with Gasteiger partial charge in [-0.2, -0.15) is 5.10 Å². The summed E-state index contributed by atoms with van der Waals surface area (Å²) in [5.74, 6) is 1.17. The lowest BCUT2D eigenvalue weighted by Crippen LogP contribution is -2.23. The van der Waals surface area contributed by atoms with E-state index in [2.05, 4.69) is 31.2 Å². The molecule has 0 saturated heterocycles. The van der Waals surface area contributed by atoms with Gasteiger partial charge in [-0.3, -0.25) is 4.79 Å². The summed E-state index contributed by atoms with van der Waals surface area (Å²) in [6, 6.07) is 19.6. The molecule has 0 bridgehead atoms. The third-order valence-corrected chi connectivity index (χ3v) is 4.21. The van der Waals surface area contributed by atoms with E-state index in [0.29, 0.717) is 12.4 Å². The second-order valence-electron chi connectivity index (χ2n) is 7.44. The van der Waals surface area contributed by atoms with Gasteiger partial charge in [-0.05, 0) is 22.6 Å². The number of carbonyl (C=O) groups excluding carboxylic acids is 1. The summed E-state index contributed by atoms with van der Waals surface area (Å²) in [5.41, 5.74) is 2.14. The maximum Gasteiger partial charge on any atom is 0.263 e. The van der Waals surface area contributed by atoms with Crippen molar-refractivity contribution in [2.75, 3.05) is 11.9 Å². The van der Waals surface area contributed by atoms with E-state index < -0.39 is 0 Å². The molecule has 0 radical (unpaired) electrons. The average Bonchev–Trinajstić information content (AvgIpc) is 3.07. The first-order chi connectivity index (χ1) is 12.9. The van der Waals surface area contributed by atoms with Gasteiger partial charge < -0.3 is 10.1 Å². The van der Waals surface area contributed by atoms with E-state index >= 15 is 0 Å². The van der Waals surface area contributed by atoms with Crippen LogP contribution in [0, 0.1) is 0 Å². The van der Waals surface area contributed by atoms with E-state index in [1.54, 1.807) is 16.9 Å². The normalized spacial score (nSPS) is 11.2. The fourth-order valence-electron chi connectivity index (χ4n) is 2.86. The second kappa shape index (κ2) is 8.08. The molecule has 1 aromatic heterocycles. The molecule has 140 valence electrons. The Hall–Kier alpha value is -3.08. The number of benzene rings is 2. The van der Waals surface area contributed by atoms with Gasteiger partial charge in [-0.15, -0.1) is 0 Å².